The second-order valence-electron chi connectivity index (χ2n) is 8.86. The molecule has 0 bridgehead atoms. The summed E-state index contributed by atoms with van der Waals surface area (Å²) in [5, 5.41) is 11.5. The molecule has 4 rings (SSSR count). The Bertz CT molecular complexity index is 1620. The Morgan fingerprint density at radius 1 is 1.18 bits per heavy atom. The molecule has 11 heteroatoms. The van der Waals surface area contributed by atoms with E-state index in [-0.39, 0.29) is 15.8 Å². The molecule has 1 unspecified atom stereocenters. The Morgan fingerprint density at radius 2 is 1.95 bits per heavy atom. The number of nitro benzene ring substituents is 1. The molecule has 0 spiro atoms. The molecule has 1 aromatic heterocycles. The third-order valence-electron chi connectivity index (χ3n) is 6.36. The first-order valence-electron chi connectivity index (χ1n) is 12.5. The van der Waals surface area contributed by atoms with Crippen molar-refractivity contribution in [2.45, 2.75) is 39.2 Å². The summed E-state index contributed by atoms with van der Waals surface area (Å²) in [6.07, 6.45) is 4.51. The fraction of sp³-hybridized carbons (Fsp3) is 0.321. The van der Waals surface area contributed by atoms with Gasteiger partial charge in [0, 0.05) is 6.07 Å². The smallest absolute Gasteiger partial charge is 0.338 e. The summed E-state index contributed by atoms with van der Waals surface area (Å²) in [5.74, 6) is 0.402. The molecule has 2 aromatic carbocycles. The van der Waals surface area contributed by atoms with Crippen LogP contribution in [0.25, 0.3) is 6.08 Å². The van der Waals surface area contributed by atoms with E-state index in [4.69, 9.17) is 14.2 Å². The molecular weight excluding hydrogens is 522 g/mol. The monoisotopic (exact) mass is 551 g/mol. The lowest BCUT2D eigenvalue weighted by molar-refractivity contribution is -0.385. The number of carbonyl (C=O) groups is 1. The number of methoxy groups -OCH3 is 2. The molecule has 0 amide bonds. The number of benzene rings is 2. The summed E-state index contributed by atoms with van der Waals surface area (Å²) in [6, 6.07) is 10.6. The van der Waals surface area contributed by atoms with Gasteiger partial charge < -0.3 is 14.2 Å². The number of esters is 1. The van der Waals surface area contributed by atoms with Gasteiger partial charge in [0.05, 0.1) is 53.2 Å². The summed E-state index contributed by atoms with van der Waals surface area (Å²) in [4.78, 5) is 42.6. The highest BCUT2D eigenvalue weighted by Crippen LogP contribution is 2.36. The van der Waals surface area contributed by atoms with Crippen LogP contribution in [0.1, 0.15) is 50.3 Å². The van der Waals surface area contributed by atoms with Gasteiger partial charge in [-0.2, -0.15) is 0 Å². The molecule has 0 saturated carbocycles. The number of para-hydroxylation sites is 1. The van der Waals surface area contributed by atoms with Gasteiger partial charge in [0.1, 0.15) is 0 Å². The maximum absolute atomic E-state index is 13.8. The minimum atomic E-state index is -0.857. The van der Waals surface area contributed by atoms with E-state index in [2.05, 4.69) is 11.9 Å². The van der Waals surface area contributed by atoms with Crippen molar-refractivity contribution in [3.05, 3.63) is 94.7 Å². The quantitative estimate of drug-likeness (QED) is 0.162. The number of hydrogen-bond donors (Lipinski definition) is 0. The van der Waals surface area contributed by atoms with Gasteiger partial charge in [-0.05, 0) is 43.2 Å². The number of hydrogen-bond acceptors (Lipinski definition) is 9. The molecule has 0 N–H and O–H groups in total. The fourth-order valence-electron chi connectivity index (χ4n) is 4.43. The number of ether oxygens (including phenoxy) is 3. The highest BCUT2D eigenvalue weighted by atomic mass is 32.1. The maximum Gasteiger partial charge on any atom is 0.338 e. The summed E-state index contributed by atoms with van der Waals surface area (Å²) < 4.78 is 18.2. The Kier molecular flexibility index (Phi) is 8.60. The Labute approximate surface area is 228 Å². The average molecular weight is 552 g/mol. The van der Waals surface area contributed by atoms with Crippen molar-refractivity contribution in [3.8, 4) is 11.5 Å². The number of rotatable bonds is 10. The van der Waals surface area contributed by atoms with Gasteiger partial charge in [-0.25, -0.2) is 9.79 Å². The number of fused-ring (bicyclic) bond motifs is 1. The molecule has 0 radical (unpaired) electrons. The van der Waals surface area contributed by atoms with Gasteiger partial charge in [0.15, 0.2) is 16.3 Å². The van der Waals surface area contributed by atoms with E-state index >= 15 is 0 Å². The molecule has 39 heavy (non-hydrogen) atoms. The lowest BCUT2D eigenvalue weighted by atomic mass is 9.95. The second kappa shape index (κ2) is 12.1. The third kappa shape index (κ3) is 5.63. The van der Waals surface area contributed by atoms with Crippen LogP contribution < -0.4 is 24.4 Å². The molecule has 204 valence electrons. The molecule has 0 aliphatic carbocycles. The van der Waals surface area contributed by atoms with Crippen LogP contribution in [-0.2, 0) is 9.53 Å². The van der Waals surface area contributed by atoms with Crippen LogP contribution in [0.15, 0.2) is 63.5 Å². The zero-order valence-corrected chi connectivity index (χ0v) is 22.9. The van der Waals surface area contributed by atoms with Crippen molar-refractivity contribution in [2.75, 3.05) is 20.8 Å². The van der Waals surface area contributed by atoms with E-state index in [9.17, 15) is 19.7 Å². The molecule has 1 atom stereocenters. The van der Waals surface area contributed by atoms with Crippen molar-refractivity contribution >= 4 is 29.1 Å². The highest BCUT2D eigenvalue weighted by Gasteiger charge is 2.33. The highest BCUT2D eigenvalue weighted by molar-refractivity contribution is 7.07. The Hall–Kier alpha value is -4.25. The van der Waals surface area contributed by atoms with E-state index < -0.39 is 22.5 Å². The minimum absolute atomic E-state index is 0.120. The molecule has 1 aliphatic rings. The summed E-state index contributed by atoms with van der Waals surface area (Å²) in [6.45, 7) is 4.34. The number of nitro groups is 1. The number of nitrogens with zero attached hydrogens (tertiary/aromatic N) is 3. The van der Waals surface area contributed by atoms with E-state index in [0.717, 1.165) is 30.6 Å². The fourth-order valence-corrected chi connectivity index (χ4v) is 5.47. The second-order valence-corrected chi connectivity index (χ2v) is 9.86. The van der Waals surface area contributed by atoms with Crippen molar-refractivity contribution in [1.29, 1.82) is 0 Å². The molecule has 0 saturated heterocycles. The maximum atomic E-state index is 13.8. The van der Waals surface area contributed by atoms with Crippen LogP contribution in [0, 0.1) is 10.1 Å². The zero-order chi connectivity index (χ0) is 28.1. The van der Waals surface area contributed by atoms with E-state index in [1.807, 2.05) is 0 Å². The lowest BCUT2D eigenvalue weighted by Crippen LogP contribution is -2.39. The molecule has 1 aliphatic heterocycles. The zero-order valence-electron chi connectivity index (χ0n) is 22.1. The normalized spacial score (nSPS) is 15.0. The van der Waals surface area contributed by atoms with Crippen molar-refractivity contribution in [1.82, 2.24) is 4.57 Å². The van der Waals surface area contributed by atoms with Gasteiger partial charge >= 0.3 is 5.97 Å². The van der Waals surface area contributed by atoms with Crippen molar-refractivity contribution in [3.63, 3.8) is 0 Å². The van der Waals surface area contributed by atoms with Crippen LogP contribution in [0.2, 0.25) is 0 Å². The topological polar surface area (TPSA) is 122 Å². The van der Waals surface area contributed by atoms with Crippen LogP contribution in [0.5, 0.6) is 11.5 Å². The predicted molar refractivity (Wildman–Crippen MR) is 147 cm³/mol. The number of aromatic nitrogens is 1. The Balaban J connectivity index is 1.88. The van der Waals surface area contributed by atoms with Crippen LogP contribution in [0.3, 0.4) is 0 Å². The molecule has 10 nitrogen and oxygen atoms in total. The summed E-state index contributed by atoms with van der Waals surface area (Å²) in [7, 11) is 2.80. The van der Waals surface area contributed by atoms with Crippen LogP contribution >= 0.6 is 11.3 Å². The van der Waals surface area contributed by atoms with Gasteiger partial charge in [-0.3, -0.25) is 19.5 Å². The number of allylic oxidation sites excluding steroid dienone is 1. The Morgan fingerprint density at radius 3 is 2.64 bits per heavy atom. The van der Waals surface area contributed by atoms with Gasteiger partial charge in [-0.1, -0.05) is 49.3 Å². The average Bonchev–Trinajstić information content (AvgIpc) is 3.24. The minimum Gasteiger partial charge on any atom is -0.493 e. The SMILES string of the molecule is CCCCCOc1ccc(C2C(C(=O)OC)=C(C)N=c3sc(=Cc4ccccc4[N+](=O)[O-])c(=O)n32)cc1OC. The van der Waals surface area contributed by atoms with Crippen molar-refractivity contribution in [2.24, 2.45) is 4.99 Å². The van der Waals surface area contributed by atoms with E-state index in [1.165, 1.54) is 30.9 Å². The first kappa shape index (κ1) is 27.8. The summed E-state index contributed by atoms with van der Waals surface area (Å²) in [5.41, 5.74) is 0.950. The van der Waals surface area contributed by atoms with Gasteiger partial charge in [0.25, 0.3) is 11.2 Å². The molecule has 0 fully saturated rings. The lowest BCUT2D eigenvalue weighted by Gasteiger charge is -2.25. The molecule has 2 heterocycles. The van der Waals surface area contributed by atoms with Gasteiger partial charge in [-0.15, -0.1) is 0 Å². The van der Waals surface area contributed by atoms with Crippen molar-refractivity contribution < 1.29 is 23.9 Å². The largest absolute Gasteiger partial charge is 0.493 e. The third-order valence-corrected chi connectivity index (χ3v) is 7.34. The van der Waals surface area contributed by atoms with E-state index in [0.29, 0.717) is 39.7 Å². The predicted octanol–water partition coefficient (Wildman–Crippen LogP) is 3.89. The van der Waals surface area contributed by atoms with E-state index in [1.54, 1.807) is 43.3 Å². The molecular formula is C28H29N3O7S. The first-order chi connectivity index (χ1) is 18.8. The van der Waals surface area contributed by atoms with Gasteiger partial charge in [0.2, 0.25) is 0 Å². The number of thiazole rings is 1. The standard InChI is InChI=1S/C28H29N3O7S/c1-5-6-9-14-38-21-13-12-19(15-22(21)36-3)25-24(27(33)37-4)17(2)29-28-30(25)26(32)23(39-28)16-18-10-7-8-11-20(18)31(34)35/h7-8,10-13,15-16,25H,5-6,9,14H2,1-4H3. The molecule has 3 aromatic rings. The van der Waals surface area contributed by atoms with Crippen LogP contribution in [-0.4, -0.2) is 36.3 Å². The number of carbonyl (C=O) groups excluding carboxylic acids is 1. The first-order valence-corrected chi connectivity index (χ1v) is 13.3. The van der Waals surface area contributed by atoms with Crippen LogP contribution in [0.4, 0.5) is 5.69 Å². The number of unbranched alkanes of at least 4 members (excludes halogenated alkanes) is 2. The summed E-state index contributed by atoms with van der Waals surface area (Å²) >= 11 is 1.09.